The van der Waals surface area contributed by atoms with E-state index in [1.807, 2.05) is 0 Å². The second kappa shape index (κ2) is 4.08. The van der Waals surface area contributed by atoms with Crippen LogP contribution in [0, 0.1) is 0 Å². The highest BCUT2D eigenvalue weighted by atomic mass is 35.5. The van der Waals surface area contributed by atoms with E-state index in [-0.39, 0.29) is 10.9 Å². The lowest BCUT2D eigenvalue weighted by molar-refractivity contribution is 0.114. The second-order valence-electron chi connectivity index (χ2n) is 4.05. The van der Waals surface area contributed by atoms with Gasteiger partial charge in [0.1, 0.15) is 10.7 Å². The molecule has 1 atom stereocenters. The number of ether oxygens (including phenoxy) is 1. The summed E-state index contributed by atoms with van der Waals surface area (Å²) in [5.74, 6) is 0.531. The van der Waals surface area contributed by atoms with Crippen LogP contribution in [0.2, 0.25) is 0 Å². The van der Waals surface area contributed by atoms with Gasteiger partial charge in [0, 0.05) is 4.88 Å². The molecule has 0 amide bonds. The molecule has 1 N–H and O–H groups in total. The van der Waals surface area contributed by atoms with E-state index in [1.165, 1.54) is 11.3 Å². The van der Waals surface area contributed by atoms with Gasteiger partial charge < -0.3 is 9.72 Å². The Kier molecular flexibility index (Phi) is 2.69. The lowest BCUT2D eigenvalue weighted by atomic mass is 10.1. The van der Waals surface area contributed by atoms with Gasteiger partial charge in [-0.15, -0.1) is 22.9 Å². The van der Waals surface area contributed by atoms with Crippen molar-refractivity contribution in [2.45, 2.75) is 25.3 Å². The van der Waals surface area contributed by atoms with Crippen molar-refractivity contribution in [1.29, 1.82) is 0 Å². The summed E-state index contributed by atoms with van der Waals surface area (Å²) >= 11 is 7.48. The van der Waals surface area contributed by atoms with Gasteiger partial charge in [-0.25, -0.2) is 4.98 Å². The third-order valence-corrected chi connectivity index (χ3v) is 4.18. The first-order valence-electron chi connectivity index (χ1n) is 5.43. The number of H-pyrrole nitrogens is 1. The van der Waals surface area contributed by atoms with Gasteiger partial charge >= 0.3 is 0 Å². The predicted molar refractivity (Wildman–Crippen MR) is 67.9 cm³/mol. The maximum Gasteiger partial charge on any atom is 0.259 e. The SMILES string of the molecule is CC(Cl)c1nc2sc3c(c2c(=O)[nH]1)CCOC3. The average molecular weight is 271 g/mol. The molecule has 0 spiro atoms. The summed E-state index contributed by atoms with van der Waals surface area (Å²) in [5.41, 5.74) is 1.01. The minimum atomic E-state index is -0.289. The van der Waals surface area contributed by atoms with Crippen molar-refractivity contribution in [1.82, 2.24) is 9.97 Å². The molecular formula is C11H11ClN2O2S. The van der Waals surface area contributed by atoms with Gasteiger partial charge in [0.15, 0.2) is 0 Å². The topological polar surface area (TPSA) is 55.0 Å². The molecule has 0 aromatic carbocycles. The maximum atomic E-state index is 12.0. The van der Waals surface area contributed by atoms with Gasteiger partial charge in [-0.2, -0.15) is 0 Å². The van der Waals surface area contributed by atoms with Gasteiger partial charge in [0.05, 0.1) is 24.0 Å². The molecule has 0 fully saturated rings. The molecule has 0 saturated carbocycles. The number of halogens is 1. The Morgan fingerprint density at radius 3 is 3.18 bits per heavy atom. The third kappa shape index (κ3) is 1.78. The highest BCUT2D eigenvalue weighted by Crippen LogP contribution is 2.31. The van der Waals surface area contributed by atoms with Gasteiger partial charge in [-0.05, 0) is 18.9 Å². The van der Waals surface area contributed by atoms with Crippen molar-refractivity contribution in [3.63, 3.8) is 0 Å². The number of nitrogens with zero attached hydrogens (tertiary/aromatic N) is 1. The molecule has 6 heteroatoms. The molecule has 1 unspecified atom stereocenters. The number of aromatic amines is 1. The molecule has 90 valence electrons. The van der Waals surface area contributed by atoms with Gasteiger partial charge in [0.2, 0.25) is 0 Å². The normalized spacial score (nSPS) is 17.1. The molecule has 2 aromatic rings. The van der Waals surface area contributed by atoms with E-state index in [2.05, 4.69) is 9.97 Å². The van der Waals surface area contributed by atoms with Gasteiger partial charge in [-0.3, -0.25) is 4.79 Å². The Balaban J connectivity index is 2.31. The molecule has 17 heavy (non-hydrogen) atoms. The molecule has 1 aliphatic heterocycles. The minimum Gasteiger partial charge on any atom is -0.376 e. The van der Waals surface area contributed by atoms with Crippen molar-refractivity contribution in [2.75, 3.05) is 6.61 Å². The van der Waals surface area contributed by atoms with Crippen LogP contribution < -0.4 is 5.56 Å². The summed E-state index contributed by atoms with van der Waals surface area (Å²) in [6, 6.07) is 0. The van der Waals surface area contributed by atoms with E-state index in [0.717, 1.165) is 27.1 Å². The Bertz CT molecular complexity index is 632. The van der Waals surface area contributed by atoms with Crippen molar-refractivity contribution in [3.8, 4) is 0 Å². The van der Waals surface area contributed by atoms with Crippen LogP contribution in [0.15, 0.2) is 4.79 Å². The Hall–Kier alpha value is -0.910. The zero-order valence-electron chi connectivity index (χ0n) is 9.25. The van der Waals surface area contributed by atoms with Crippen LogP contribution in [-0.2, 0) is 17.8 Å². The predicted octanol–water partition coefficient (Wildman–Crippen LogP) is 2.36. The summed E-state index contributed by atoms with van der Waals surface area (Å²) in [4.78, 5) is 21.1. The second-order valence-corrected chi connectivity index (χ2v) is 5.79. The van der Waals surface area contributed by atoms with Crippen molar-refractivity contribution < 1.29 is 4.74 Å². The summed E-state index contributed by atoms with van der Waals surface area (Å²) in [6.07, 6.45) is 0.788. The van der Waals surface area contributed by atoms with E-state index >= 15 is 0 Å². The zero-order valence-corrected chi connectivity index (χ0v) is 10.8. The fourth-order valence-corrected chi connectivity index (χ4v) is 3.30. The third-order valence-electron chi connectivity index (χ3n) is 2.87. The molecule has 0 aliphatic carbocycles. The van der Waals surface area contributed by atoms with E-state index in [9.17, 15) is 4.79 Å². The van der Waals surface area contributed by atoms with Gasteiger partial charge in [0.25, 0.3) is 5.56 Å². The minimum absolute atomic E-state index is 0.0862. The average Bonchev–Trinajstić information content (AvgIpc) is 2.67. The highest BCUT2D eigenvalue weighted by molar-refractivity contribution is 7.18. The molecule has 0 bridgehead atoms. The first kappa shape index (κ1) is 11.2. The summed E-state index contributed by atoms with van der Waals surface area (Å²) in [5, 5.41) is 0.428. The summed E-state index contributed by atoms with van der Waals surface area (Å²) in [7, 11) is 0. The first-order chi connectivity index (χ1) is 8.16. The fraction of sp³-hybridized carbons (Fsp3) is 0.455. The number of hydrogen-bond acceptors (Lipinski definition) is 4. The summed E-state index contributed by atoms with van der Waals surface area (Å²) in [6.45, 7) is 3.05. The Labute approximate surface area is 107 Å². The van der Waals surface area contributed by atoms with Crippen LogP contribution in [0.4, 0.5) is 0 Å². The van der Waals surface area contributed by atoms with Crippen LogP contribution in [0.25, 0.3) is 10.2 Å². The largest absolute Gasteiger partial charge is 0.376 e. The Morgan fingerprint density at radius 1 is 1.59 bits per heavy atom. The monoisotopic (exact) mass is 270 g/mol. The molecule has 0 radical (unpaired) electrons. The van der Waals surface area contributed by atoms with Crippen molar-refractivity contribution >= 4 is 33.2 Å². The standard InChI is InChI=1S/C11H11ClN2O2S/c1-5(12)9-13-10(15)8-6-2-3-16-4-7(6)17-11(8)14-9/h5H,2-4H2,1H3,(H,13,14,15). The number of thiophene rings is 1. The number of hydrogen-bond donors (Lipinski definition) is 1. The molecule has 3 rings (SSSR count). The van der Waals surface area contributed by atoms with Gasteiger partial charge in [-0.1, -0.05) is 0 Å². The number of rotatable bonds is 1. The molecule has 2 aromatic heterocycles. The van der Waals surface area contributed by atoms with Crippen LogP contribution in [0.3, 0.4) is 0 Å². The zero-order chi connectivity index (χ0) is 12.0. The lowest BCUT2D eigenvalue weighted by Gasteiger charge is -2.11. The molecule has 1 aliphatic rings. The number of nitrogens with one attached hydrogen (secondary N) is 1. The molecule has 0 saturated heterocycles. The van der Waals surface area contributed by atoms with E-state index in [0.29, 0.717) is 19.0 Å². The van der Waals surface area contributed by atoms with Crippen molar-refractivity contribution in [3.05, 3.63) is 26.6 Å². The number of aromatic nitrogens is 2. The van der Waals surface area contributed by atoms with E-state index in [4.69, 9.17) is 16.3 Å². The van der Waals surface area contributed by atoms with E-state index < -0.39 is 0 Å². The first-order valence-corrected chi connectivity index (χ1v) is 6.68. The number of alkyl halides is 1. The lowest BCUT2D eigenvalue weighted by Crippen LogP contribution is -2.14. The smallest absolute Gasteiger partial charge is 0.259 e. The number of fused-ring (bicyclic) bond motifs is 3. The molecule has 4 nitrogen and oxygen atoms in total. The summed E-state index contributed by atoms with van der Waals surface area (Å²) < 4.78 is 5.39. The molecule has 3 heterocycles. The molecular weight excluding hydrogens is 260 g/mol. The van der Waals surface area contributed by atoms with Crippen LogP contribution in [0.1, 0.15) is 28.6 Å². The highest BCUT2D eigenvalue weighted by Gasteiger charge is 2.20. The van der Waals surface area contributed by atoms with Crippen LogP contribution in [0.5, 0.6) is 0 Å². The quantitative estimate of drug-likeness (QED) is 0.810. The van der Waals surface area contributed by atoms with Crippen LogP contribution >= 0.6 is 22.9 Å². The fourth-order valence-electron chi connectivity index (χ4n) is 2.04. The maximum absolute atomic E-state index is 12.0. The van der Waals surface area contributed by atoms with Crippen molar-refractivity contribution in [2.24, 2.45) is 0 Å². The van der Waals surface area contributed by atoms with E-state index in [1.54, 1.807) is 6.92 Å². The Morgan fingerprint density at radius 2 is 2.41 bits per heavy atom. The van der Waals surface area contributed by atoms with Crippen LogP contribution in [-0.4, -0.2) is 16.6 Å².